The standard InChI is InChI=1S/C24H26N6O6/c1-15(29-19-9-5-3-7-17(19)25-21(29)31)35-23(33)27-11-13-28(14-12-27)24(34)36-16(2)30-20-10-6-4-8-18(20)26-22(30)32/h3-10,15-16H,11-14H2,1-2H3,(H,25,31)(H,26,32)/t15-,16-/m1/s1. The smallest absolute Gasteiger partial charge is 0.411 e. The number of nitrogens with zero attached hydrogens (tertiary/aromatic N) is 4. The fourth-order valence-corrected chi connectivity index (χ4v) is 4.49. The summed E-state index contributed by atoms with van der Waals surface area (Å²) in [6.45, 7) is 4.22. The molecule has 12 nitrogen and oxygen atoms in total. The number of rotatable bonds is 4. The molecule has 2 atom stereocenters. The number of carbonyl (C=O) groups is 2. The van der Waals surface area contributed by atoms with E-state index >= 15 is 0 Å². The summed E-state index contributed by atoms with van der Waals surface area (Å²) in [6.07, 6.45) is -2.79. The Hall–Kier alpha value is -4.48. The Morgan fingerprint density at radius 3 is 1.44 bits per heavy atom. The summed E-state index contributed by atoms with van der Waals surface area (Å²) in [4.78, 5) is 58.6. The minimum Gasteiger partial charge on any atom is -0.425 e. The molecule has 1 saturated heterocycles. The molecule has 12 heteroatoms. The van der Waals surface area contributed by atoms with E-state index in [1.165, 1.54) is 18.9 Å². The van der Waals surface area contributed by atoms with E-state index in [0.29, 0.717) is 22.1 Å². The summed E-state index contributed by atoms with van der Waals surface area (Å²) in [5, 5.41) is 0. The van der Waals surface area contributed by atoms with Crippen molar-refractivity contribution in [3.05, 3.63) is 69.5 Å². The molecule has 2 N–H and O–H groups in total. The summed E-state index contributed by atoms with van der Waals surface area (Å²) >= 11 is 0. The van der Waals surface area contributed by atoms with E-state index in [2.05, 4.69) is 9.97 Å². The molecule has 1 fully saturated rings. The van der Waals surface area contributed by atoms with Gasteiger partial charge in [-0.3, -0.25) is 9.13 Å². The van der Waals surface area contributed by atoms with E-state index in [0.717, 1.165) is 0 Å². The van der Waals surface area contributed by atoms with Gasteiger partial charge in [-0.2, -0.15) is 0 Å². The molecule has 5 rings (SSSR count). The van der Waals surface area contributed by atoms with Crippen molar-refractivity contribution in [1.29, 1.82) is 0 Å². The number of nitrogens with one attached hydrogen (secondary N) is 2. The Labute approximate surface area is 204 Å². The van der Waals surface area contributed by atoms with Gasteiger partial charge in [-0.25, -0.2) is 19.2 Å². The highest BCUT2D eigenvalue weighted by Gasteiger charge is 2.29. The zero-order valence-corrected chi connectivity index (χ0v) is 19.8. The Bertz CT molecular complexity index is 1420. The van der Waals surface area contributed by atoms with E-state index in [4.69, 9.17) is 9.47 Å². The monoisotopic (exact) mass is 494 g/mol. The average molecular weight is 495 g/mol. The molecule has 4 aromatic rings. The molecule has 188 valence electrons. The number of amides is 2. The fraction of sp³-hybridized carbons (Fsp3) is 0.333. The molecule has 0 bridgehead atoms. The minimum atomic E-state index is -0.820. The third-order valence-corrected chi connectivity index (χ3v) is 6.31. The second kappa shape index (κ2) is 9.29. The molecule has 1 aliphatic rings. The summed E-state index contributed by atoms with van der Waals surface area (Å²) < 4.78 is 13.8. The van der Waals surface area contributed by atoms with Gasteiger partial charge in [-0.15, -0.1) is 0 Å². The van der Waals surface area contributed by atoms with Gasteiger partial charge in [0.1, 0.15) is 0 Å². The molecule has 2 amide bonds. The predicted molar refractivity (Wildman–Crippen MR) is 131 cm³/mol. The molecule has 0 spiro atoms. The van der Waals surface area contributed by atoms with Crippen molar-refractivity contribution in [3.63, 3.8) is 0 Å². The molecule has 36 heavy (non-hydrogen) atoms. The maximum atomic E-state index is 12.7. The highest BCUT2D eigenvalue weighted by molar-refractivity contribution is 5.76. The number of ether oxygens (including phenoxy) is 2. The van der Waals surface area contributed by atoms with Gasteiger partial charge in [-0.05, 0) is 38.1 Å². The molecule has 0 unspecified atom stereocenters. The Kier molecular flexibility index (Phi) is 6.00. The number of benzene rings is 2. The second-order valence-electron chi connectivity index (χ2n) is 8.57. The van der Waals surface area contributed by atoms with Gasteiger partial charge < -0.3 is 29.2 Å². The van der Waals surface area contributed by atoms with Gasteiger partial charge >= 0.3 is 23.6 Å². The number of fused-ring (bicyclic) bond motifs is 2. The van der Waals surface area contributed by atoms with Crippen molar-refractivity contribution < 1.29 is 19.1 Å². The maximum absolute atomic E-state index is 12.7. The van der Waals surface area contributed by atoms with Crippen LogP contribution in [0.3, 0.4) is 0 Å². The number of carbonyl (C=O) groups excluding carboxylic acids is 2. The summed E-state index contributed by atoms with van der Waals surface area (Å²) in [5.41, 5.74) is 1.85. The molecular formula is C24H26N6O6. The van der Waals surface area contributed by atoms with Gasteiger partial charge in [0.25, 0.3) is 0 Å². The van der Waals surface area contributed by atoms with Crippen molar-refractivity contribution in [3.8, 4) is 0 Å². The van der Waals surface area contributed by atoms with Gasteiger partial charge in [0.15, 0.2) is 12.5 Å². The molecule has 2 aromatic heterocycles. The fourth-order valence-electron chi connectivity index (χ4n) is 4.49. The quantitative estimate of drug-likeness (QED) is 0.448. The second-order valence-corrected chi connectivity index (χ2v) is 8.57. The third kappa shape index (κ3) is 4.21. The van der Waals surface area contributed by atoms with Crippen molar-refractivity contribution in [2.75, 3.05) is 26.2 Å². The van der Waals surface area contributed by atoms with Crippen molar-refractivity contribution in [2.45, 2.75) is 26.3 Å². The number of H-pyrrole nitrogens is 2. The molecular weight excluding hydrogens is 468 g/mol. The van der Waals surface area contributed by atoms with Gasteiger partial charge in [0.05, 0.1) is 22.1 Å². The number of hydrogen-bond acceptors (Lipinski definition) is 6. The lowest BCUT2D eigenvalue weighted by Crippen LogP contribution is -2.51. The summed E-state index contributed by atoms with van der Waals surface area (Å²) in [6, 6.07) is 14.3. The Balaban J connectivity index is 1.18. The number of piperazine rings is 1. The van der Waals surface area contributed by atoms with E-state index in [1.54, 1.807) is 50.2 Å². The zero-order valence-electron chi connectivity index (χ0n) is 19.8. The Morgan fingerprint density at radius 1 is 0.694 bits per heavy atom. The van der Waals surface area contributed by atoms with Gasteiger partial charge in [-0.1, -0.05) is 24.3 Å². The lowest BCUT2D eigenvalue weighted by molar-refractivity contribution is 0.0111. The van der Waals surface area contributed by atoms with E-state index in [-0.39, 0.29) is 37.6 Å². The highest BCUT2D eigenvalue weighted by atomic mass is 16.6. The van der Waals surface area contributed by atoms with Crippen LogP contribution >= 0.6 is 0 Å². The van der Waals surface area contributed by atoms with Crippen molar-refractivity contribution in [2.24, 2.45) is 0 Å². The third-order valence-electron chi connectivity index (χ3n) is 6.31. The maximum Gasteiger partial charge on any atom is 0.411 e. The minimum absolute atomic E-state index is 0.241. The van der Waals surface area contributed by atoms with Gasteiger partial charge in [0.2, 0.25) is 0 Å². The van der Waals surface area contributed by atoms with Crippen LogP contribution in [-0.2, 0) is 9.47 Å². The zero-order chi connectivity index (χ0) is 25.4. The van der Waals surface area contributed by atoms with Crippen LogP contribution in [0.25, 0.3) is 22.1 Å². The summed E-state index contributed by atoms with van der Waals surface area (Å²) in [5.74, 6) is 0. The first-order chi connectivity index (χ1) is 17.3. The largest absolute Gasteiger partial charge is 0.425 e. The van der Waals surface area contributed by atoms with Crippen LogP contribution in [0.1, 0.15) is 26.3 Å². The van der Waals surface area contributed by atoms with Crippen molar-refractivity contribution in [1.82, 2.24) is 28.9 Å². The van der Waals surface area contributed by atoms with E-state index in [9.17, 15) is 19.2 Å². The number of aromatic nitrogens is 4. The van der Waals surface area contributed by atoms with Gasteiger partial charge in [0, 0.05) is 26.2 Å². The Morgan fingerprint density at radius 2 is 1.06 bits per heavy atom. The van der Waals surface area contributed by atoms with Crippen LogP contribution in [0.15, 0.2) is 58.1 Å². The SMILES string of the molecule is C[C@@H](OC(=O)N1CCN(C(=O)O[C@H](C)n2c(=O)[nH]c3ccccc32)CC1)n1c(=O)[nH]c2ccccc21. The van der Waals surface area contributed by atoms with Crippen molar-refractivity contribution >= 4 is 34.3 Å². The molecule has 1 aliphatic heterocycles. The number of para-hydroxylation sites is 4. The normalized spacial score (nSPS) is 15.7. The van der Waals surface area contributed by atoms with Crippen LogP contribution in [0.4, 0.5) is 9.59 Å². The molecule has 3 heterocycles. The van der Waals surface area contributed by atoms with Crippen LogP contribution in [0, 0.1) is 0 Å². The van der Waals surface area contributed by atoms with Crippen LogP contribution in [0.5, 0.6) is 0 Å². The molecule has 2 aromatic carbocycles. The number of hydrogen-bond donors (Lipinski definition) is 2. The topological polar surface area (TPSA) is 135 Å². The van der Waals surface area contributed by atoms with E-state index in [1.807, 2.05) is 12.1 Å². The first kappa shape index (κ1) is 23.3. The van der Waals surface area contributed by atoms with Crippen LogP contribution < -0.4 is 11.4 Å². The average Bonchev–Trinajstić information content (AvgIpc) is 3.38. The predicted octanol–water partition coefficient (Wildman–Crippen LogP) is 2.60. The number of imidazole rings is 2. The first-order valence-corrected chi connectivity index (χ1v) is 11.6. The first-order valence-electron chi connectivity index (χ1n) is 11.6. The highest BCUT2D eigenvalue weighted by Crippen LogP contribution is 2.19. The molecule has 0 saturated carbocycles. The lowest BCUT2D eigenvalue weighted by atomic mass is 10.3. The molecule has 0 radical (unpaired) electrons. The van der Waals surface area contributed by atoms with Crippen LogP contribution in [0.2, 0.25) is 0 Å². The number of aromatic amines is 2. The summed E-state index contributed by atoms with van der Waals surface area (Å²) in [7, 11) is 0. The lowest BCUT2D eigenvalue weighted by Gasteiger charge is -2.34. The molecule has 0 aliphatic carbocycles. The van der Waals surface area contributed by atoms with E-state index < -0.39 is 24.6 Å². The van der Waals surface area contributed by atoms with Crippen LogP contribution in [-0.4, -0.2) is 67.3 Å².